The lowest BCUT2D eigenvalue weighted by atomic mass is 10.1. The Kier molecular flexibility index (Phi) is 6.55. The van der Waals surface area contributed by atoms with Gasteiger partial charge in [-0.2, -0.15) is 0 Å². The molecule has 1 N–H and O–H groups in total. The smallest absolute Gasteiger partial charge is 0.253 e. The highest BCUT2D eigenvalue weighted by Crippen LogP contribution is 2.13. The Morgan fingerprint density at radius 1 is 1.04 bits per heavy atom. The zero-order chi connectivity index (χ0) is 17.5. The topological polar surface area (TPSA) is 49.4 Å². The highest BCUT2D eigenvalue weighted by Gasteiger charge is 2.08. The number of amides is 2. The first kappa shape index (κ1) is 18.2. The van der Waals surface area contributed by atoms with Crippen molar-refractivity contribution in [1.82, 2.24) is 10.2 Å². The van der Waals surface area contributed by atoms with Crippen molar-refractivity contribution < 1.29 is 9.59 Å². The molecule has 0 aliphatic heterocycles. The molecule has 0 aliphatic carbocycles. The third kappa shape index (κ3) is 5.49. The van der Waals surface area contributed by atoms with Crippen molar-refractivity contribution in [2.24, 2.45) is 0 Å². The first-order chi connectivity index (χ1) is 11.5. The van der Waals surface area contributed by atoms with Crippen LogP contribution in [0.2, 0.25) is 0 Å². The van der Waals surface area contributed by atoms with E-state index in [0.29, 0.717) is 24.9 Å². The maximum Gasteiger partial charge on any atom is 0.253 e. The highest BCUT2D eigenvalue weighted by molar-refractivity contribution is 9.10. The van der Waals surface area contributed by atoms with Crippen LogP contribution in [0.15, 0.2) is 53.0 Å². The first-order valence-corrected chi connectivity index (χ1v) is 8.57. The first-order valence-electron chi connectivity index (χ1n) is 7.77. The van der Waals surface area contributed by atoms with Gasteiger partial charge in [0.05, 0.1) is 0 Å². The number of hydrogen-bond acceptors (Lipinski definition) is 2. The van der Waals surface area contributed by atoms with Crippen molar-refractivity contribution in [1.29, 1.82) is 0 Å². The van der Waals surface area contributed by atoms with Gasteiger partial charge in [-0.1, -0.05) is 40.2 Å². The molecule has 0 atom stereocenters. The average molecular weight is 389 g/mol. The van der Waals surface area contributed by atoms with E-state index in [2.05, 4.69) is 21.2 Å². The van der Waals surface area contributed by atoms with E-state index in [1.165, 1.54) is 0 Å². The van der Waals surface area contributed by atoms with E-state index in [-0.39, 0.29) is 11.8 Å². The summed E-state index contributed by atoms with van der Waals surface area (Å²) in [6.07, 6.45) is 1.16. The molecule has 5 heteroatoms. The van der Waals surface area contributed by atoms with Gasteiger partial charge in [0.15, 0.2) is 0 Å². The van der Waals surface area contributed by atoms with Gasteiger partial charge in [-0.25, -0.2) is 0 Å². The number of benzene rings is 2. The predicted molar refractivity (Wildman–Crippen MR) is 98.8 cm³/mol. The maximum atomic E-state index is 12.0. The van der Waals surface area contributed by atoms with Crippen LogP contribution in [-0.4, -0.2) is 30.8 Å². The van der Waals surface area contributed by atoms with Crippen molar-refractivity contribution in [2.75, 3.05) is 14.1 Å². The monoisotopic (exact) mass is 388 g/mol. The Balaban J connectivity index is 1.80. The standard InChI is InChI=1S/C19H21BrN2O2/c1-22(2)19(24)16-9-6-15(7-10-16)13-21-18(23)11-8-14-4-3-5-17(20)12-14/h3-7,9-10,12H,8,11,13H2,1-2H3,(H,21,23). The molecular weight excluding hydrogens is 368 g/mol. The second-order valence-electron chi connectivity index (χ2n) is 5.80. The lowest BCUT2D eigenvalue weighted by molar-refractivity contribution is -0.121. The average Bonchev–Trinajstić information content (AvgIpc) is 2.58. The molecule has 0 bridgehead atoms. The van der Waals surface area contributed by atoms with Crippen LogP contribution in [0.3, 0.4) is 0 Å². The Morgan fingerprint density at radius 3 is 2.38 bits per heavy atom. The number of rotatable bonds is 6. The summed E-state index contributed by atoms with van der Waals surface area (Å²) in [5, 5.41) is 2.91. The van der Waals surface area contributed by atoms with Gasteiger partial charge < -0.3 is 10.2 Å². The predicted octanol–water partition coefficient (Wildman–Crippen LogP) is 3.40. The fourth-order valence-electron chi connectivity index (χ4n) is 2.26. The third-order valence-corrected chi connectivity index (χ3v) is 4.12. The lowest BCUT2D eigenvalue weighted by Crippen LogP contribution is -2.23. The second kappa shape index (κ2) is 8.64. The van der Waals surface area contributed by atoms with Crippen LogP contribution in [0, 0.1) is 0 Å². The number of nitrogens with zero attached hydrogens (tertiary/aromatic N) is 1. The van der Waals surface area contributed by atoms with E-state index < -0.39 is 0 Å². The molecule has 2 aromatic rings. The molecule has 0 saturated heterocycles. The summed E-state index contributed by atoms with van der Waals surface area (Å²) in [6, 6.07) is 15.3. The molecule has 0 heterocycles. The third-order valence-electron chi connectivity index (χ3n) is 3.63. The van der Waals surface area contributed by atoms with Gasteiger partial charge in [-0.3, -0.25) is 9.59 Å². The molecular formula is C19H21BrN2O2. The van der Waals surface area contributed by atoms with Gasteiger partial charge in [0.2, 0.25) is 5.91 Å². The van der Waals surface area contributed by atoms with Crippen molar-refractivity contribution in [3.63, 3.8) is 0 Å². The molecule has 0 radical (unpaired) electrons. The molecule has 0 unspecified atom stereocenters. The number of halogens is 1. The van der Waals surface area contributed by atoms with Crippen LogP contribution in [0.1, 0.15) is 27.9 Å². The summed E-state index contributed by atoms with van der Waals surface area (Å²) in [6.45, 7) is 0.466. The Hall–Kier alpha value is -2.14. The van der Waals surface area contributed by atoms with Gasteiger partial charge in [0.1, 0.15) is 0 Å². The van der Waals surface area contributed by atoms with E-state index in [1.807, 2.05) is 36.4 Å². The largest absolute Gasteiger partial charge is 0.352 e. The van der Waals surface area contributed by atoms with E-state index in [9.17, 15) is 9.59 Å². The molecule has 2 amide bonds. The van der Waals surface area contributed by atoms with Crippen LogP contribution in [0.5, 0.6) is 0 Å². The van der Waals surface area contributed by atoms with Crippen LogP contribution in [0.25, 0.3) is 0 Å². The van der Waals surface area contributed by atoms with Crippen molar-refractivity contribution in [2.45, 2.75) is 19.4 Å². The summed E-state index contributed by atoms with van der Waals surface area (Å²) >= 11 is 3.43. The molecule has 0 spiro atoms. The summed E-state index contributed by atoms with van der Waals surface area (Å²) in [5.74, 6) is -0.0111. The molecule has 0 fully saturated rings. The summed E-state index contributed by atoms with van der Waals surface area (Å²) in [7, 11) is 3.45. The fraction of sp³-hybridized carbons (Fsp3) is 0.263. The van der Waals surface area contributed by atoms with Gasteiger partial charge in [-0.15, -0.1) is 0 Å². The van der Waals surface area contributed by atoms with Gasteiger partial charge in [0.25, 0.3) is 5.91 Å². The molecule has 0 aliphatic rings. The molecule has 126 valence electrons. The van der Waals surface area contributed by atoms with E-state index in [1.54, 1.807) is 31.1 Å². The minimum absolute atomic E-state index is 0.0171. The Labute approximate surface area is 151 Å². The molecule has 0 aromatic heterocycles. The van der Waals surface area contributed by atoms with Crippen LogP contribution >= 0.6 is 15.9 Å². The lowest BCUT2D eigenvalue weighted by Gasteiger charge is -2.11. The van der Waals surface area contributed by atoms with Crippen LogP contribution in [-0.2, 0) is 17.8 Å². The SMILES string of the molecule is CN(C)C(=O)c1ccc(CNC(=O)CCc2cccc(Br)c2)cc1. The van der Waals surface area contributed by atoms with Gasteiger partial charge >= 0.3 is 0 Å². The minimum Gasteiger partial charge on any atom is -0.352 e. The summed E-state index contributed by atoms with van der Waals surface area (Å²) < 4.78 is 1.02. The Bertz CT molecular complexity index is 712. The fourth-order valence-corrected chi connectivity index (χ4v) is 2.71. The van der Waals surface area contributed by atoms with E-state index in [0.717, 1.165) is 15.6 Å². The summed E-state index contributed by atoms with van der Waals surface area (Å²) in [4.78, 5) is 25.3. The van der Waals surface area contributed by atoms with E-state index in [4.69, 9.17) is 0 Å². The maximum absolute atomic E-state index is 12.0. The Morgan fingerprint density at radius 2 is 1.75 bits per heavy atom. The number of hydrogen-bond donors (Lipinski definition) is 1. The molecule has 24 heavy (non-hydrogen) atoms. The van der Waals surface area contributed by atoms with Gasteiger partial charge in [0, 0.05) is 37.1 Å². The highest BCUT2D eigenvalue weighted by atomic mass is 79.9. The number of nitrogens with one attached hydrogen (secondary N) is 1. The van der Waals surface area contributed by atoms with Crippen molar-refractivity contribution >= 4 is 27.7 Å². The van der Waals surface area contributed by atoms with Crippen LogP contribution in [0.4, 0.5) is 0 Å². The summed E-state index contributed by atoms with van der Waals surface area (Å²) in [5.41, 5.74) is 2.75. The zero-order valence-corrected chi connectivity index (χ0v) is 15.5. The van der Waals surface area contributed by atoms with Gasteiger partial charge in [-0.05, 0) is 41.8 Å². The molecule has 0 saturated carbocycles. The van der Waals surface area contributed by atoms with Crippen molar-refractivity contribution in [3.05, 3.63) is 69.7 Å². The molecule has 4 nitrogen and oxygen atoms in total. The van der Waals surface area contributed by atoms with Crippen molar-refractivity contribution in [3.8, 4) is 0 Å². The zero-order valence-electron chi connectivity index (χ0n) is 13.9. The quantitative estimate of drug-likeness (QED) is 0.824. The number of aryl methyl sites for hydroxylation is 1. The minimum atomic E-state index is -0.0281. The number of carbonyl (C=O) groups is 2. The second-order valence-corrected chi connectivity index (χ2v) is 6.72. The molecule has 2 aromatic carbocycles. The normalized spacial score (nSPS) is 10.3. The van der Waals surface area contributed by atoms with E-state index >= 15 is 0 Å². The van der Waals surface area contributed by atoms with Crippen LogP contribution < -0.4 is 5.32 Å². The number of carbonyl (C=O) groups excluding carboxylic acids is 2. The molecule has 2 rings (SSSR count).